The van der Waals surface area contributed by atoms with E-state index in [1.165, 1.54) is 32.4 Å². The molecule has 1 aromatic rings. The van der Waals surface area contributed by atoms with E-state index in [1.807, 2.05) is 13.8 Å². The number of pyridine rings is 1. The van der Waals surface area contributed by atoms with Crippen molar-refractivity contribution in [2.75, 3.05) is 25.5 Å². The number of aromatic nitrogens is 1. The fraction of sp³-hybridized carbons (Fsp3) is 0.500. The molecule has 0 atom stereocenters. The van der Waals surface area contributed by atoms with Crippen LogP contribution in [0.4, 0.5) is 5.82 Å². The fourth-order valence-corrected chi connectivity index (χ4v) is 2.43. The number of rotatable bonds is 6. The largest absolute Gasteiger partial charge is 0.480 e. The van der Waals surface area contributed by atoms with Crippen molar-refractivity contribution in [2.24, 2.45) is 0 Å². The molecule has 1 aromatic heterocycles. The Hall–Kier alpha value is -1.67. The quantitative estimate of drug-likeness (QED) is 0.829. The molecule has 0 bridgehead atoms. The zero-order valence-electron chi connectivity index (χ0n) is 11.9. The maximum atomic E-state index is 11.9. The summed E-state index contributed by atoms with van der Waals surface area (Å²) in [5.74, 6) is -0.536. The summed E-state index contributed by atoms with van der Waals surface area (Å²) in [6, 6.07) is 2.88. The van der Waals surface area contributed by atoms with Gasteiger partial charge in [-0.3, -0.25) is 4.79 Å². The first kappa shape index (κ1) is 16.4. The van der Waals surface area contributed by atoms with Crippen LogP contribution < -0.4 is 4.90 Å². The molecule has 20 heavy (non-hydrogen) atoms. The first-order chi connectivity index (χ1) is 9.16. The van der Waals surface area contributed by atoms with E-state index in [-0.39, 0.29) is 17.5 Å². The van der Waals surface area contributed by atoms with E-state index in [1.54, 1.807) is 4.90 Å². The summed E-state index contributed by atoms with van der Waals surface area (Å²) in [6.45, 7) is 3.49. The summed E-state index contributed by atoms with van der Waals surface area (Å²) < 4.78 is 24.9. The third-order valence-electron chi connectivity index (χ3n) is 2.72. The standard InChI is InChI=1S/C12H19N3O4S/c1-9(2)15(8-12(16)17)11-6-5-10(7-13-11)20(18,19)14(3)4/h5-7,9H,8H2,1-4H3,(H,16,17). The highest BCUT2D eigenvalue weighted by Gasteiger charge is 2.20. The van der Waals surface area contributed by atoms with Crippen LogP contribution in [0.5, 0.6) is 0 Å². The summed E-state index contributed by atoms with van der Waals surface area (Å²) in [7, 11) is -0.649. The van der Waals surface area contributed by atoms with Crippen LogP contribution in [0.25, 0.3) is 0 Å². The van der Waals surface area contributed by atoms with Crippen LogP contribution in [0.15, 0.2) is 23.2 Å². The van der Waals surface area contributed by atoms with Gasteiger partial charge in [0.05, 0.1) is 0 Å². The van der Waals surface area contributed by atoms with Gasteiger partial charge in [0.15, 0.2) is 0 Å². The average Bonchev–Trinajstić information content (AvgIpc) is 2.35. The van der Waals surface area contributed by atoms with Gasteiger partial charge >= 0.3 is 5.97 Å². The Morgan fingerprint density at radius 2 is 1.95 bits per heavy atom. The zero-order chi connectivity index (χ0) is 15.5. The van der Waals surface area contributed by atoms with Gasteiger partial charge in [0, 0.05) is 26.3 Å². The predicted octanol–water partition coefficient (Wildman–Crippen LogP) is 0.631. The molecule has 0 radical (unpaired) electrons. The van der Waals surface area contributed by atoms with Crippen molar-refractivity contribution in [1.29, 1.82) is 0 Å². The summed E-state index contributed by atoms with van der Waals surface area (Å²) in [5, 5.41) is 8.88. The molecule has 0 unspecified atom stereocenters. The summed E-state index contributed by atoms with van der Waals surface area (Å²) in [6.07, 6.45) is 1.24. The molecule has 1 heterocycles. The highest BCUT2D eigenvalue weighted by molar-refractivity contribution is 7.89. The Labute approximate surface area is 118 Å². The molecule has 1 N–H and O–H groups in total. The number of aliphatic carboxylic acids is 1. The van der Waals surface area contributed by atoms with Gasteiger partial charge in [-0.2, -0.15) is 0 Å². The number of hydrogen-bond acceptors (Lipinski definition) is 5. The van der Waals surface area contributed by atoms with Gasteiger partial charge in [-0.05, 0) is 26.0 Å². The molecule has 0 aliphatic carbocycles. The number of sulfonamides is 1. The van der Waals surface area contributed by atoms with Gasteiger partial charge in [0.1, 0.15) is 17.3 Å². The molecular formula is C12H19N3O4S. The third kappa shape index (κ3) is 3.67. The van der Waals surface area contributed by atoms with E-state index in [4.69, 9.17) is 5.11 Å². The lowest BCUT2D eigenvalue weighted by Gasteiger charge is -2.26. The van der Waals surface area contributed by atoms with Crippen LogP contribution in [0.1, 0.15) is 13.8 Å². The molecule has 7 nitrogen and oxygen atoms in total. The Morgan fingerprint density at radius 1 is 1.35 bits per heavy atom. The number of carboxylic acids is 1. The smallest absolute Gasteiger partial charge is 0.323 e. The highest BCUT2D eigenvalue weighted by atomic mass is 32.2. The highest BCUT2D eigenvalue weighted by Crippen LogP contribution is 2.18. The lowest BCUT2D eigenvalue weighted by atomic mass is 10.3. The molecule has 0 aliphatic rings. The molecule has 112 valence electrons. The number of carboxylic acid groups (broad SMARTS) is 1. The van der Waals surface area contributed by atoms with Gasteiger partial charge in [-0.25, -0.2) is 17.7 Å². The molecule has 0 fully saturated rings. The first-order valence-corrected chi connectivity index (χ1v) is 7.47. The van der Waals surface area contributed by atoms with Crippen LogP contribution in [0.2, 0.25) is 0 Å². The monoisotopic (exact) mass is 301 g/mol. The Bertz CT molecular complexity index is 567. The normalized spacial score (nSPS) is 11.9. The van der Waals surface area contributed by atoms with Crippen LogP contribution >= 0.6 is 0 Å². The summed E-state index contributed by atoms with van der Waals surface area (Å²) >= 11 is 0. The zero-order valence-corrected chi connectivity index (χ0v) is 12.8. The Morgan fingerprint density at radius 3 is 2.30 bits per heavy atom. The minimum Gasteiger partial charge on any atom is -0.480 e. The van der Waals surface area contributed by atoms with E-state index in [9.17, 15) is 13.2 Å². The first-order valence-electron chi connectivity index (χ1n) is 6.03. The SMILES string of the molecule is CC(C)N(CC(=O)O)c1ccc(S(=O)(=O)N(C)C)cn1. The van der Waals surface area contributed by atoms with E-state index in [0.717, 1.165) is 4.31 Å². The van der Waals surface area contributed by atoms with Crippen LogP contribution in [-0.2, 0) is 14.8 Å². The maximum Gasteiger partial charge on any atom is 0.323 e. The topological polar surface area (TPSA) is 90.8 Å². The van der Waals surface area contributed by atoms with Gasteiger partial charge in [0.2, 0.25) is 10.0 Å². The Balaban J connectivity index is 3.09. The number of carbonyl (C=O) groups is 1. The molecular weight excluding hydrogens is 282 g/mol. The molecule has 0 saturated heterocycles. The predicted molar refractivity (Wildman–Crippen MR) is 75.2 cm³/mol. The Kier molecular flexibility index (Phi) is 5.07. The molecule has 1 rings (SSSR count). The number of anilines is 1. The number of hydrogen-bond donors (Lipinski definition) is 1. The van der Waals surface area contributed by atoms with Gasteiger partial charge in [-0.15, -0.1) is 0 Å². The minimum absolute atomic E-state index is 0.0603. The number of nitrogens with zero attached hydrogens (tertiary/aromatic N) is 3. The van der Waals surface area contributed by atoms with Crippen molar-refractivity contribution < 1.29 is 18.3 Å². The average molecular weight is 301 g/mol. The second-order valence-electron chi connectivity index (χ2n) is 4.75. The van der Waals surface area contributed by atoms with E-state index < -0.39 is 16.0 Å². The van der Waals surface area contributed by atoms with Gasteiger partial charge in [-0.1, -0.05) is 0 Å². The van der Waals surface area contributed by atoms with Crippen molar-refractivity contribution >= 4 is 21.8 Å². The van der Waals surface area contributed by atoms with Crippen molar-refractivity contribution in [3.8, 4) is 0 Å². The lowest BCUT2D eigenvalue weighted by Crippen LogP contribution is -2.36. The summed E-state index contributed by atoms with van der Waals surface area (Å²) in [4.78, 5) is 16.5. The van der Waals surface area contributed by atoms with Crippen molar-refractivity contribution in [3.63, 3.8) is 0 Å². The van der Waals surface area contributed by atoms with Crippen molar-refractivity contribution in [3.05, 3.63) is 18.3 Å². The second-order valence-corrected chi connectivity index (χ2v) is 6.91. The van der Waals surface area contributed by atoms with E-state index >= 15 is 0 Å². The van der Waals surface area contributed by atoms with E-state index in [0.29, 0.717) is 5.82 Å². The minimum atomic E-state index is -3.53. The molecule has 0 aromatic carbocycles. The summed E-state index contributed by atoms with van der Waals surface area (Å²) in [5.41, 5.74) is 0. The van der Waals surface area contributed by atoms with E-state index in [2.05, 4.69) is 4.98 Å². The third-order valence-corrected chi connectivity index (χ3v) is 4.52. The molecule has 0 aliphatic heterocycles. The molecule has 0 amide bonds. The molecule has 0 saturated carbocycles. The molecule has 8 heteroatoms. The van der Waals surface area contributed by atoms with Crippen molar-refractivity contribution in [2.45, 2.75) is 24.8 Å². The van der Waals surface area contributed by atoms with Crippen molar-refractivity contribution in [1.82, 2.24) is 9.29 Å². The molecule has 0 spiro atoms. The van der Waals surface area contributed by atoms with Crippen LogP contribution in [-0.4, -0.2) is 55.5 Å². The fourth-order valence-electron chi connectivity index (χ4n) is 1.58. The maximum absolute atomic E-state index is 11.9. The van der Waals surface area contributed by atoms with Crippen LogP contribution in [0, 0.1) is 0 Å². The second kappa shape index (κ2) is 6.19. The van der Waals surface area contributed by atoms with Crippen LogP contribution in [0.3, 0.4) is 0 Å². The van der Waals surface area contributed by atoms with Gasteiger partial charge < -0.3 is 10.0 Å². The van der Waals surface area contributed by atoms with Gasteiger partial charge in [0.25, 0.3) is 0 Å². The lowest BCUT2D eigenvalue weighted by molar-refractivity contribution is -0.135.